The van der Waals surface area contributed by atoms with Crippen LogP contribution in [0.1, 0.15) is 71.1 Å². The lowest BCUT2D eigenvalue weighted by Crippen LogP contribution is -2.71. The van der Waals surface area contributed by atoms with E-state index in [1.54, 1.807) is 29.2 Å². The molecule has 11 heteroatoms. The third-order valence-electron chi connectivity index (χ3n) is 6.94. The molecule has 7 nitrogen and oxygen atoms in total. The minimum absolute atomic E-state index is 0.377. The van der Waals surface area contributed by atoms with Crippen LogP contribution in [0.2, 0.25) is 0 Å². The van der Waals surface area contributed by atoms with Crippen molar-refractivity contribution >= 4 is 22.5 Å². The van der Waals surface area contributed by atoms with Crippen molar-refractivity contribution in [2.24, 2.45) is 0 Å². The molecular weight excluding hydrogens is 502 g/mol. The van der Waals surface area contributed by atoms with Crippen molar-refractivity contribution in [3.8, 4) is 0 Å². The Morgan fingerprint density at radius 1 is 1.00 bits per heavy atom. The van der Waals surface area contributed by atoms with Crippen molar-refractivity contribution in [1.29, 1.82) is 0 Å². The molecule has 0 bridgehead atoms. The first-order chi connectivity index (χ1) is 18.2. The number of carbonyl (C=O) groups excluding carboxylic acids is 1. The van der Waals surface area contributed by atoms with E-state index in [0.29, 0.717) is 29.4 Å². The van der Waals surface area contributed by atoms with Gasteiger partial charge < -0.3 is 15.8 Å². The highest BCUT2D eigenvalue weighted by Crippen LogP contribution is 2.28. The number of unbranched alkanes of at least 4 members (excludes halogenated alkanes) is 8. The molecule has 3 atom stereocenters. The van der Waals surface area contributed by atoms with Gasteiger partial charge in [0.2, 0.25) is 0 Å². The van der Waals surface area contributed by atoms with Gasteiger partial charge in [-0.2, -0.15) is 18.7 Å². The van der Waals surface area contributed by atoms with Crippen LogP contribution in [0.4, 0.5) is 28.0 Å². The number of hydroxylamine groups is 1. The fourth-order valence-corrected chi connectivity index (χ4v) is 4.85. The third kappa shape index (κ3) is 9.07. The van der Waals surface area contributed by atoms with Gasteiger partial charge in [0.15, 0.2) is 0 Å². The molecule has 3 rings (SSSR count). The van der Waals surface area contributed by atoms with E-state index in [-0.39, 0.29) is 5.82 Å². The van der Waals surface area contributed by atoms with Crippen molar-refractivity contribution in [3.05, 3.63) is 42.2 Å². The molecule has 38 heavy (non-hydrogen) atoms. The molecule has 2 amide bonds. The van der Waals surface area contributed by atoms with Crippen molar-refractivity contribution in [2.45, 2.75) is 95.8 Å². The Morgan fingerprint density at radius 2 is 1.63 bits per heavy atom. The number of fused-ring (bicyclic) bond motifs is 1. The van der Waals surface area contributed by atoms with E-state index in [0.717, 1.165) is 19.3 Å². The van der Waals surface area contributed by atoms with E-state index in [1.807, 2.05) is 5.48 Å². The zero-order valence-electron chi connectivity index (χ0n) is 21.8. The van der Waals surface area contributed by atoms with Gasteiger partial charge in [0.1, 0.15) is 18.1 Å². The van der Waals surface area contributed by atoms with Crippen LogP contribution in [0.25, 0.3) is 10.8 Å². The fourth-order valence-electron chi connectivity index (χ4n) is 4.85. The molecule has 3 unspecified atom stereocenters. The van der Waals surface area contributed by atoms with Crippen molar-refractivity contribution in [1.82, 2.24) is 21.0 Å². The summed E-state index contributed by atoms with van der Waals surface area (Å²) in [6.07, 6.45) is 2.74. The van der Waals surface area contributed by atoms with Crippen LogP contribution in [0.3, 0.4) is 0 Å². The summed E-state index contributed by atoms with van der Waals surface area (Å²) in [4.78, 5) is 14.4. The molecule has 1 saturated heterocycles. The molecule has 1 heterocycles. The maximum Gasteiger partial charge on any atom is 0.404 e. The van der Waals surface area contributed by atoms with E-state index in [1.165, 1.54) is 44.2 Å². The highest BCUT2D eigenvalue weighted by molar-refractivity contribution is 5.93. The van der Waals surface area contributed by atoms with Gasteiger partial charge in [-0.1, -0.05) is 70.4 Å². The number of hydrogen-bond donors (Lipinski definition) is 5. The Morgan fingerprint density at radius 3 is 2.29 bits per heavy atom. The number of nitrogens with zero attached hydrogens (tertiary/aromatic N) is 1. The number of urea groups is 1. The first kappa shape index (κ1) is 30.1. The number of carbonyl (C=O) groups is 1. The third-order valence-corrected chi connectivity index (χ3v) is 6.94. The van der Waals surface area contributed by atoms with E-state index < -0.39 is 37.1 Å². The topological polar surface area (TPSA) is 88.7 Å². The fraction of sp³-hybridized carbons (Fsp3) is 0.593. The molecule has 1 fully saturated rings. The molecule has 0 radical (unpaired) electrons. The second kappa shape index (κ2) is 14.6. The standard InChI is InChI=1S/C27H39F4N5O2/c1-2-3-4-5-6-7-8-9-10-15-36-24(35-38)18-23(27(29,30)31)33-25(36)34-26(37)32-22-14-12-19-16-21(28)13-11-20(19)17-22/h11-14,16-17,23-25,33,35,38H,2-10,15,18H2,1H3,(H2,32,34,37). The van der Waals surface area contributed by atoms with Gasteiger partial charge in [0, 0.05) is 18.7 Å². The molecule has 5 N–H and O–H groups in total. The number of alkyl halides is 3. The highest BCUT2D eigenvalue weighted by atomic mass is 19.4. The van der Waals surface area contributed by atoms with Gasteiger partial charge in [-0.05, 0) is 41.5 Å². The largest absolute Gasteiger partial charge is 0.404 e. The van der Waals surface area contributed by atoms with Gasteiger partial charge >= 0.3 is 12.2 Å². The first-order valence-electron chi connectivity index (χ1n) is 13.5. The molecule has 0 aromatic heterocycles. The molecule has 2 aromatic rings. The Hall–Kier alpha value is -2.47. The number of benzene rings is 2. The second-order valence-corrected chi connectivity index (χ2v) is 9.91. The Balaban J connectivity index is 1.60. The molecule has 0 saturated carbocycles. The Labute approximate surface area is 221 Å². The van der Waals surface area contributed by atoms with Crippen LogP contribution in [-0.4, -0.2) is 47.4 Å². The monoisotopic (exact) mass is 541 g/mol. The highest BCUT2D eigenvalue weighted by Gasteiger charge is 2.47. The average molecular weight is 542 g/mol. The van der Waals surface area contributed by atoms with E-state index in [2.05, 4.69) is 22.9 Å². The second-order valence-electron chi connectivity index (χ2n) is 9.91. The SMILES string of the molecule is CCCCCCCCCCCN1C(NO)CC(C(F)(F)F)NC1NC(=O)Nc1ccc2cc(F)ccc2c1. The predicted octanol–water partition coefficient (Wildman–Crippen LogP) is 6.45. The van der Waals surface area contributed by atoms with Gasteiger partial charge in [0.05, 0.1) is 6.17 Å². The number of halogens is 4. The normalized spacial score (nSPS) is 20.5. The summed E-state index contributed by atoms with van der Waals surface area (Å²) in [5.74, 6) is -0.377. The minimum atomic E-state index is -4.55. The molecule has 212 valence electrons. The molecular formula is C27H39F4N5O2. The lowest BCUT2D eigenvalue weighted by molar-refractivity contribution is -0.186. The number of amides is 2. The smallest absolute Gasteiger partial charge is 0.315 e. The maximum absolute atomic E-state index is 13.6. The zero-order chi connectivity index (χ0) is 27.5. The van der Waals surface area contributed by atoms with Crippen LogP contribution in [0.5, 0.6) is 0 Å². The van der Waals surface area contributed by atoms with E-state index in [4.69, 9.17) is 0 Å². The molecule has 0 aliphatic carbocycles. The summed E-state index contributed by atoms with van der Waals surface area (Å²) < 4.78 is 54.1. The van der Waals surface area contributed by atoms with Gasteiger partial charge in [0.25, 0.3) is 0 Å². The molecule has 1 aliphatic rings. The van der Waals surface area contributed by atoms with Crippen LogP contribution in [0.15, 0.2) is 36.4 Å². The number of hydrogen-bond acceptors (Lipinski definition) is 5. The van der Waals surface area contributed by atoms with Crippen molar-refractivity contribution in [3.63, 3.8) is 0 Å². The van der Waals surface area contributed by atoms with Gasteiger partial charge in [-0.15, -0.1) is 0 Å². The van der Waals surface area contributed by atoms with Crippen LogP contribution in [0, 0.1) is 5.82 Å². The Kier molecular flexibility index (Phi) is 11.6. The van der Waals surface area contributed by atoms with Crippen molar-refractivity contribution in [2.75, 3.05) is 11.9 Å². The summed E-state index contributed by atoms with van der Waals surface area (Å²) in [5.41, 5.74) is 2.41. The number of nitrogens with one attached hydrogen (secondary N) is 4. The quantitative estimate of drug-likeness (QED) is 0.114. The summed E-state index contributed by atoms with van der Waals surface area (Å²) in [7, 11) is 0. The molecule has 2 aromatic carbocycles. The average Bonchev–Trinajstić information content (AvgIpc) is 2.87. The predicted molar refractivity (Wildman–Crippen MR) is 140 cm³/mol. The summed E-state index contributed by atoms with van der Waals surface area (Å²) >= 11 is 0. The minimum Gasteiger partial charge on any atom is -0.315 e. The van der Waals surface area contributed by atoms with E-state index >= 15 is 0 Å². The van der Waals surface area contributed by atoms with Gasteiger partial charge in [-0.25, -0.2) is 9.18 Å². The van der Waals surface area contributed by atoms with E-state index in [9.17, 15) is 27.6 Å². The van der Waals surface area contributed by atoms with Crippen LogP contribution in [-0.2, 0) is 0 Å². The summed E-state index contributed by atoms with van der Waals surface area (Å²) in [6.45, 7) is 2.57. The molecule has 0 spiro atoms. The maximum atomic E-state index is 13.6. The lowest BCUT2D eigenvalue weighted by atomic mass is 10.1. The molecule has 1 aliphatic heterocycles. The summed E-state index contributed by atoms with van der Waals surface area (Å²) in [5, 5.41) is 18.7. The van der Waals surface area contributed by atoms with Crippen molar-refractivity contribution < 1.29 is 27.6 Å². The van der Waals surface area contributed by atoms with Crippen LogP contribution >= 0.6 is 0 Å². The van der Waals surface area contributed by atoms with Crippen LogP contribution < -0.4 is 21.4 Å². The first-order valence-corrected chi connectivity index (χ1v) is 13.5. The van der Waals surface area contributed by atoms with Gasteiger partial charge in [-0.3, -0.25) is 10.2 Å². The zero-order valence-corrected chi connectivity index (χ0v) is 21.8. The lowest BCUT2D eigenvalue weighted by Gasteiger charge is -2.45. The summed E-state index contributed by atoms with van der Waals surface area (Å²) in [6, 6.07) is 6.53. The Bertz CT molecular complexity index is 1020. The number of rotatable bonds is 13. The number of anilines is 1.